The van der Waals surface area contributed by atoms with Gasteiger partial charge in [0.15, 0.2) is 11.5 Å². The maximum absolute atomic E-state index is 13.4. The molecule has 8 heteroatoms. The molecular weight excluding hydrogens is 480 g/mol. The normalized spacial score (nSPS) is 21.7. The molecule has 2 heterocycles. The summed E-state index contributed by atoms with van der Waals surface area (Å²) >= 11 is 0. The highest BCUT2D eigenvalue weighted by Crippen LogP contribution is 2.37. The number of hydrogen-bond donors (Lipinski definition) is 2. The van der Waals surface area contributed by atoms with Crippen LogP contribution in [0, 0.1) is 11.8 Å². The van der Waals surface area contributed by atoms with Gasteiger partial charge in [0.05, 0.1) is 25.1 Å². The van der Waals surface area contributed by atoms with Crippen LogP contribution in [0.25, 0.3) is 10.9 Å². The van der Waals surface area contributed by atoms with Gasteiger partial charge in [-0.25, -0.2) is 4.98 Å². The first-order valence-electron chi connectivity index (χ1n) is 13.8. The highest BCUT2D eigenvalue weighted by atomic mass is 16.5. The zero-order valence-electron chi connectivity index (χ0n) is 22.2. The monoisotopic (exact) mass is 516 g/mol. The third-order valence-electron chi connectivity index (χ3n) is 8.78. The van der Waals surface area contributed by atoms with Crippen molar-refractivity contribution < 1.29 is 14.3 Å². The van der Waals surface area contributed by atoms with Crippen LogP contribution < -0.4 is 25.2 Å². The number of H-pyrrole nitrogens is 1. The number of methoxy groups -OCH3 is 2. The van der Waals surface area contributed by atoms with Crippen LogP contribution in [0.5, 0.6) is 11.5 Å². The van der Waals surface area contributed by atoms with Crippen LogP contribution in [0.3, 0.4) is 0 Å². The molecule has 2 fully saturated rings. The Hall–Kier alpha value is -3.55. The molecule has 6 rings (SSSR count). The van der Waals surface area contributed by atoms with Gasteiger partial charge in [0.1, 0.15) is 0 Å². The molecule has 2 aliphatic carbocycles. The van der Waals surface area contributed by atoms with Gasteiger partial charge >= 0.3 is 0 Å². The molecule has 1 amide bonds. The number of aromatic nitrogens is 2. The minimum atomic E-state index is -0.200. The summed E-state index contributed by atoms with van der Waals surface area (Å²) in [7, 11) is 3.13. The maximum Gasteiger partial charge on any atom is 0.260 e. The fourth-order valence-electron chi connectivity index (χ4n) is 6.47. The van der Waals surface area contributed by atoms with E-state index in [1.54, 1.807) is 26.4 Å². The smallest absolute Gasteiger partial charge is 0.260 e. The van der Waals surface area contributed by atoms with Crippen LogP contribution in [0.1, 0.15) is 49.7 Å². The summed E-state index contributed by atoms with van der Waals surface area (Å²) in [4.78, 5) is 36.6. The van der Waals surface area contributed by atoms with E-state index in [1.165, 1.54) is 30.4 Å². The first-order chi connectivity index (χ1) is 18.5. The van der Waals surface area contributed by atoms with Gasteiger partial charge in [0.2, 0.25) is 11.9 Å². The van der Waals surface area contributed by atoms with Crippen LogP contribution >= 0.6 is 0 Å². The Labute approximate surface area is 222 Å². The second kappa shape index (κ2) is 10.3. The van der Waals surface area contributed by atoms with Crippen LogP contribution in [-0.4, -0.2) is 48.7 Å². The van der Waals surface area contributed by atoms with Gasteiger partial charge in [-0.1, -0.05) is 43.5 Å². The number of rotatable bonds is 7. The summed E-state index contributed by atoms with van der Waals surface area (Å²) in [5, 5.41) is 3.82. The van der Waals surface area contributed by atoms with Crippen molar-refractivity contribution >= 4 is 22.8 Å². The predicted octanol–water partition coefficient (Wildman–Crippen LogP) is 4.00. The Bertz CT molecular complexity index is 1370. The van der Waals surface area contributed by atoms with E-state index in [2.05, 4.69) is 39.5 Å². The lowest BCUT2D eigenvalue weighted by Gasteiger charge is -2.42. The third kappa shape index (κ3) is 4.72. The van der Waals surface area contributed by atoms with E-state index < -0.39 is 0 Å². The molecule has 1 aliphatic heterocycles. The van der Waals surface area contributed by atoms with E-state index in [-0.39, 0.29) is 29.5 Å². The Balaban J connectivity index is 1.22. The predicted molar refractivity (Wildman–Crippen MR) is 147 cm³/mol. The first kappa shape index (κ1) is 24.8. The van der Waals surface area contributed by atoms with E-state index in [0.717, 1.165) is 32.1 Å². The minimum absolute atomic E-state index is 0.0310. The van der Waals surface area contributed by atoms with Crippen molar-refractivity contribution in [1.82, 2.24) is 15.3 Å². The van der Waals surface area contributed by atoms with Crippen LogP contribution in [0.4, 0.5) is 5.95 Å². The van der Waals surface area contributed by atoms with E-state index in [0.29, 0.717) is 40.8 Å². The summed E-state index contributed by atoms with van der Waals surface area (Å²) in [6.45, 7) is 0.683. The van der Waals surface area contributed by atoms with Crippen molar-refractivity contribution in [3.05, 3.63) is 57.9 Å². The van der Waals surface area contributed by atoms with Gasteiger partial charge in [0, 0.05) is 30.6 Å². The van der Waals surface area contributed by atoms with E-state index in [4.69, 9.17) is 14.5 Å². The molecule has 0 spiro atoms. The largest absolute Gasteiger partial charge is 0.493 e. The summed E-state index contributed by atoms with van der Waals surface area (Å²) < 4.78 is 10.8. The minimum Gasteiger partial charge on any atom is -0.493 e. The zero-order chi connectivity index (χ0) is 26.2. The van der Waals surface area contributed by atoms with Gasteiger partial charge in [-0.2, -0.15) is 0 Å². The number of aromatic amines is 1. The van der Waals surface area contributed by atoms with Crippen molar-refractivity contribution in [3.8, 4) is 11.5 Å². The molecular formula is C30H36N4O4. The van der Waals surface area contributed by atoms with Crippen molar-refractivity contribution in [2.24, 2.45) is 11.8 Å². The molecule has 200 valence electrons. The van der Waals surface area contributed by atoms with E-state index in [1.807, 2.05) is 0 Å². The van der Waals surface area contributed by atoms with Gasteiger partial charge in [0.25, 0.3) is 5.56 Å². The summed E-state index contributed by atoms with van der Waals surface area (Å²) in [6, 6.07) is 12.2. The number of fused-ring (bicyclic) bond motifs is 2. The number of nitrogens with one attached hydrogen (secondary N) is 2. The van der Waals surface area contributed by atoms with Crippen molar-refractivity contribution in [3.63, 3.8) is 0 Å². The number of carbonyl (C=O) groups excluding carboxylic acids is 1. The zero-order valence-corrected chi connectivity index (χ0v) is 22.2. The van der Waals surface area contributed by atoms with E-state index in [9.17, 15) is 9.59 Å². The average molecular weight is 517 g/mol. The SMILES string of the molecule is COc1cc2nc(N3CCC(C(=O)NC4Cc5ccccc5C4)CC3CC3CCC3)[nH]c(=O)c2cc1OC. The summed E-state index contributed by atoms with van der Waals surface area (Å²) in [5.74, 6) is 2.42. The molecule has 3 aromatic rings. The number of benzene rings is 2. The second-order valence-electron chi connectivity index (χ2n) is 11.1. The van der Waals surface area contributed by atoms with Gasteiger partial charge in [-0.05, 0) is 55.2 Å². The van der Waals surface area contributed by atoms with Crippen molar-refractivity contribution in [2.45, 2.75) is 63.5 Å². The molecule has 2 atom stereocenters. The van der Waals surface area contributed by atoms with Crippen LogP contribution in [0.2, 0.25) is 0 Å². The Morgan fingerprint density at radius 1 is 1.08 bits per heavy atom. The topological polar surface area (TPSA) is 96.5 Å². The number of anilines is 1. The average Bonchev–Trinajstić information content (AvgIpc) is 3.32. The molecule has 1 aromatic heterocycles. The Kier molecular flexibility index (Phi) is 6.72. The standard InChI is InChI=1S/C30H36N4O4/c1-37-26-16-24-25(17-27(26)38-2)32-30(33-29(24)36)34-11-10-21(15-23(34)12-18-6-5-7-18)28(35)31-22-13-19-8-3-4-9-20(19)14-22/h3-4,8-9,16-18,21-23H,5-7,10-15H2,1-2H3,(H,31,35)(H,32,33,36). The number of carbonyl (C=O) groups is 1. The fraction of sp³-hybridized carbons (Fsp3) is 0.500. The lowest BCUT2D eigenvalue weighted by molar-refractivity contribution is -0.126. The quantitative estimate of drug-likeness (QED) is 0.493. The number of hydrogen-bond acceptors (Lipinski definition) is 6. The van der Waals surface area contributed by atoms with Crippen molar-refractivity contribution in [2.75, 3.05) is 25.7 Å². The summed E-state index contributed by atoms with van der Waals surface area (Å²) in [6.07, 6.45) is 8.09. The number of ether oxygens (including phenoxy) is 2. The highest BCUT2D eigenvalue weighted by Gasteiger charge is 2.37. The number of nitrogens with zero attached hydrogens (tertiary/aromatic N) is 2. The van der Waals surface area contributed by atoms with Crippen LogP contribution in [0.15, 0.2) is 41.2 Å². The van der Waals surface area contributed by atoms with Gasteiger partial charge in [-0.15, -0.1) is 0 Å². The molecule has 0 bridgehead atoms. The molecule has 1 saturated carbocycles. The van der Waals surface area contributed by atoms with Crippen LogP contribution in [-0.2, 0) is 17.6 Å². The second-order valence-corrected chi connectivity index (χ2v) is 11.1. The molecule has 2 N–H and O–H groups in total. The molecule has 1 saturated heterocycles. The third-order valence-corrected chi connectivity index (χ3v) is 8.78. The Morgan fingerprint density at radius 3 is 2.45 bits per heavy atom. The lowest BCUT2D eigenvalue weighted by atomic mass is 9.77. The number of piperidine rings is 1. The molecule has 2 unspecified atom stereocenters. The van der Waals surface area contributed by atoms with Crippen molar-refractivity contribution in [1.29, 1.82) is 0 Å². The molecule has 8 nitrogen and oxygen atoms in total. The molecule has 3 aliphatic rings. The molecule has 2 aromatic carbocycles. The summed E-state index contributed by atoms with van der Waals surface area (Å²) in [5.41, 5.74) is 3.06. The van der Waals surface area contributed by atoms with E-state index >= 15 is 0 Å². The highest BCUT2D eigenvalue weighted by molar-refractivity contribution is 5.83. The molecule has 38 heavy (non-hydrogen) atoms. The van der Waals surface area contributed by atoms with Gasteiger partial charge in [-0.3, -0.25) is 14.6 Å². The number of amides is 1. The lowest BCUT2D eigenvalue weighted by Crippen LogP contribution is -2.50. The Morgan fingerprint density at radius 2 is 1.79 bits per heavy atom. The maximum atomic E-state index is 13.4. The van der Waals surface area contributed by atoms with Gasteiger partial charge < -0.3 is 19.7 Å². The first-order valence-corrected chi connectivity index (χ1v) is 13.8. The molecule has 0 radical (unpaired) electrons. The fourth-order valence-corrected chi connectivity index (χ4v) is 6.47.